The molecule has 2 aromatic rings. The molecule has 0 bridgehead atoms. The summed E-state index contributed by atoms with van der Waals surface area (Å²) in [4.78, 5) is 26.1. The molecule has 0 saturated carbocycles. The number of carbonyl (C=O) groups excluding carboxylic acids is 2. The van der Waals surface area contributed by atoms with Gasteiger partial charge in [-0.2, -0.15) is 0 Å². The summed E-state index contributed by atoms with van der Waals surface area (Å²) in [5, 5.41) is 8.64. The lowest BCUT2D eigenvalue weighted by molar-refractivity contribution is -0.118. The molecule has 0 saturated heterocycles. The molecule has 0 unspecified atom stereocenters. The molecular weight excluding hydrogens is 380 g/mol. The first-order chi connectivity index (χ1) is 14.3. The third kappa shape index (κ3) is 7.08. The number of ether oxygens (including phenoxy) is 1. The summed E-state index contributed by atoms with van der Waals surface area (Å²) in [5.74, 6) is 0.696. The molecule has 1 atom stereocenters. The fourth-order valence-corrected chi connectivity index (χ4v) is 2.87. The second kappa shape index (κ2) is 11.2. The lowest BCUT2D eigenvalue weighted by Crippen LogP contribution is -2.40. The summed E-state index contributed by atoms with van der Waals surface area (Å²) in [6, 6.07) is 15.1. The van der Waals surface area contributed by atoms with Gasteiger partial charge in [-0.05, 0) is 49.5 Å². The van der Waals surface area contributed by atoms with Crippen LogP contribution in [-0.4, -0.2) is 44.6 Å². The summed E-state index contributed by atoms with van der Waals surface area (Å²) >= 11 is 0. The standard InChI is InChI=1S/C23H32N4O3/c1-16(2)22(28)26-19-11-9-17(10-12-19)14-24-23(29)25-15-21(27(3)4)18-7-6-8-20(13-18)30-5/h6-13,16,21H,14-15H2,1-5H3,(H,26,28)(H2,24,25,29)/t21-/m1/s1. The number of likely N-dealkylation sites (N-methyl/N-ethyl adjacent to an activating group) is 1. The monoisotopic (exact) mass is 412 g/mol. The smallest absolute Gasteiger partial charge is 0.315 e. The fraction of sp³-hybridized carbons (Fsp3) is 0.391. The van der Waals surface area contributed by atoms with Gasteiger partial charge in [0.05, 0.1) is 13.2 Å². The van der Waals surface area contributed by atoms with Gasteiger partial charge in [-0.3, -0.25) is 4.79 Å². The van der Waals surface area contributed by atoms with Crippen molar-refractivity contribution in [3.63, 3.8) is 0 Å². The highest BCUT2D eigenvalue weighted by atomic mass is 16.5. The van der Waals surface area contributed by atoms with Crippen molar-refractivity contribution in [2.75, 3.05) is 33.1 Å². The topological polar surface area (TPSA) is 82.7 Å². The van der Waals surface area contributed by atoms with Gasteiger partial charge >= 0.3 is 6.03 Å². The van der Waals surface area contributed by atoms with E-state index in [0.717, 1.165) is 22.6 Å². The molecule has 0 fully saturated rings. The van der Waals surface area contributed by atoms with Crippen molar-refractivity contribution in [3.05, 3.63) is 59.7 Å². The van der Waals surface area contributed by atoms with Crippen LogP contribution < -0.4 is 20.7 Å². The molecule has 0 radical (unpaired) electrons. The molecule has 162 valence electrons. The number of hydrogen-bond donors (Lipinski definition) is 3. The zero-order valence-electron chi connectivity index (χ0n) is 18.4. The molecule has 30 heavy (non-hydrogen) atoms. The van der Waals surface area contributed by atoms with Crippen molar-refractivity contribution in [1.29, 1.82) is 0 Å². The van der Waals surface area contributed by atoms with E-state index in [0.29, 0.717) is 13.1 Å². The van der Waals surface area contributed by atoms with E-state index in [-0.39, 0.29) is 23.9 Å². The van der Waals surface area contributed by atoms with Gasteiger partial charge in [-0.25, -0.2) is 4.79 Å². The van der Waals surface area contributed by atoms with Gasteiger partial charge in [-0.15, -0.1) is 0 Å². The molecule has 3 amide bonds. The Morgan fingerprint density at radius 1 is 1.03 bits per heavy atom. The number of nitrogens with zero attached hydrogens (tertiary/aromatic N) is 1. The zero-order valence-corrected chi connectivity index (χ0v) is 18.4. The van der Waals surface area contributed by atoms with E-state index in [1.54, 1.807) is 7.11 Å². The van der Waals surface area contributed by atoms with Crippen LogP contribution in [0.15, 0.2) is 48.5 Å². The van der Waals surface area contributed by atoms with Crippen molar-refractivity contribution in [1.82, 2.24) is 15.5 Å². The van der Waals surface area contributed by atoms with Crippen molar-refractivity contribution in [2.45, 2.75) is 26.4 Å². The van der Waals surface area contributed by atoms with Crippen LogP contribution in [0, 0.1) is 5.92 Å². The van der Waals surface area contributed by atoms with Crippen LogP contribution in [0.2, 0.25) is 0 Å². The summed E-state index contributed by atoms with van der Waals surface area (Å²) in [6.07, 6.45) is 0. The average Bonchev–Trinajstić information content (AvgIpc) is 2.73. The minimum atomic E-state index is -0.234. The third-order valence-electron chi connectivity index (χ3n) is 4.76. The van der Waals surface area contributed by atoms with E-state index in [9.17, 15) is 9.59 Å². The highest BCUT2D eigenvalue weighted by Crippen LogP contribution is 2.22. The van der Waals surface area contributed by atoms with Crippen LogP contribution in [0.1, 0.15) is 31.0 Å². The average molecular weight is 413 g/mol. The van der Waals surface area contributed by atoms with Gasteiger partial charge < -0.3 is 25.6 Å². The van der Waals surface area contributed by atoms with Crippen molar-refractivity contribution >= 4 is 17.6 Å². The first-order valence-electron chi connectivity index (χ1n) is 10.0. The van der Waals surface area contributed by atoms with Crippen LogP contribution in [0.3, 0.4) is 0 Å². The maximum absolute atomic E-state index is 12.3. The molecule has 0 aliphatic heterocycles. The van der Waals surface area contributed by atoms with Crippen LogP contribution in [-0.2, 0) is 11.3 Å². The summed E-state index contributed by atoms with van der Waals surface area (Å²) in [7, 11) is 5.59. The van der Waals surface area contributed by atoms with Crippen LogP contribution in [0.4, 0.5) is 10.5 Å². The second-order valence-electron chi connectivity index (χ2n) is 7.66. The molecule has 7 heteroatoms. The molecule has 2 rings (SSSR count). The lowest BCUT2D eigenvalue weighted by Gasteiger charge is -2.25. The third-order valence-corrected chi connectivity index (χ3v) is 4.76. The number of benzene rings is 2. The Labute approximate surface area is 178 Å². The Morgan fingerprint density at radius 2 is 1.73 bits per heavy atom. The van der Waals surface area contributed by atoms with E-state index in [4.69, 9.17) is 4.74 Å². The molecule has 0 heterocycles. The van der Waals surface area contributed by atoms with E-state index < -0.39 is 0 Å². The largest absolute Gasteiger partial charge is 0.497 e. The van der Waals surface area contributed by atoms with Gasteiger partial charge in [0, 0.05) is 24.7 Å². The fourth-order valence-electron chi connectivity index (χ4n) is 2.87. The number of urea groups is 1. The highest BCUT2D eigenvalue weighted by Gasteiger charge is 2.16. The first kappa shape index (κ1) is 23.2. The number of anilines is 1. The van der Waals surface area contributed by atoms with Crippen LogP contribution in [0.5, 0.6) is 5.75 Å². The second-order valence-corrected chi connectivity index (χ2v) is 7.66. The van der Waals surface area contributed by atoms with E-state index >= 15 is 0 Å². The predicted octanol–water partition coefficient (Wildman–Crippen LogP) is 3.39. The van der Waals surface area contributed by atoms with Crippen LogP contribution in [0.25, 0.3) is 0 Å². The number of methoxy groups -OCH3 is 1. The Morgan fingerprint density at radius 3 is 2.33 bits per heavy atom. The molecule has 2 aromatic carbocycles. The molecular formula is C23H32N4O3. The summed E-state index contributed by atoms with van der Waals surface area (Å²) in [6.45, 7) is 4.56. The quantitative estimate of drug-likeness (QED) is 0.590. The van der Waals surface area contributed by atoms with Crippen molar-refractivity contribution in [2.24, 2.45) is 5.92 Å². The molecule has 0 aromatic heterocycles. The molecule has 0 spiro atoms. The number of amides is 3. The number of hydrogen-bond acceptors (Lipinski definition) is 4. The van der Waals surface area contributed by atoms with Crippen molar-refractivity contribution < 1.29 is 14.3 Å². The SMILES string of the molecule is COc1cccc([C@@H](CNC(=O)NCc2ccc(NC(=O)C(C)C)cc2)N(C)C)c1. The van der Waals surface area contributed by atoms with Crippen molar-refractivity contribution in [3.8, 4) is 5.75 Å². The van der Waals surface area contributed by atoms with Gasteiger partial charge in [0.2, 0.25) is 5.91 Å². The highest BCUT2D eigenvalue weighted by molar-refractivity contribution is 5.92. The van der Waals surface area contributed by atoms with Gasteiger partial charge in [-0.1, -0.05) is 38.1 Å². The predicted molar refractivity (Wildman–Crippen MR) is 120 cm³/mol. The van der Waals surface area contributed by atoms with E-state index in [2.05, 4.69) is 20.9 Å². The Kier molecular flexibility index (Phi) is 8.68. The van der Waals surface area contributed by atoms with Gasteiger partial charge in [0.25, 0.3) is 0 Å². The molecule has 7 nitrogen and oxygen atoms in total. The van der Waals surface area contributed by atoms with E-state index in [1.807, 2.05) is 76.5 Å². The summed E-state index contributed by atoms with van der Waals surface area (Å²) in [5.41, 5.74) is 2.76. The maximum atomic E-state index is 12.3. The molecule has 0 aliphatic carbocycles. The number of rotatable bonds is 9. The molecule has 0 aliphatic rings. The Hall–Kier alpha value is -3.06. The minimum absolute atomic E-state index is 0.0215. The van der Waals surface area contributed by atoms with Gasteiger partial charge in [0.1, 0.15) is 5.75 Å². The summed E-state index contributed by atoms with van der Waals surface area (Å²) < 4.78 is 5.30. The lowest BCUT2D eigenvalue weighted by atomic mass is 10.1. The number of nitrogens with one attached hydrogen (secondary N) is 3. The Bertz CT molecular complexity index is 835. The zero-order chi connectivity index (χ0) is 22.1. The van der Waals surface area contributed by atoms with Crippen LogP contribution >= 0.6 is 0 Å². The normalized spacial score (nSPS) is 11.8. The van der Waals surface area contributed by atoms with E-state index in [1.165, 1.54) is 0 Å². The minimum Gasteiger partial charge on any atom is -0.497 e. The van der Waals surface area contributed by atoms with Gasteiger partial charge in [0.15, 0.2) is 0 Å². The molecule has 3 N–H and O–H groups in total. The number of carbonyl (C=O) groups is 2. The Balaban J connectivity index is 1.85. The maximum Gasteiger partial charge on any atom is 0.315 e. The first-order valence-corrected chi connectivity index (χ1v) is 10.0.